The number of hydrogen-bond acceptors (Lipinski definition) is 5. The molecule has 1 aromatic heterocycles. The van der Waals surface area contributed by atoms with Gasteiger partial charge >= 0.3 is 0 Å². The number of anilines is 1. The Morgan fingerprint density at radius 1 is 0.944 bits per heavy atom. The second kappa shape index (κ2) is 10.2. The van der Waals surface area contributed by atoms with Crippen LogP contribution < -0.4 is 5.32 Å². The number of pyridine rings is 1. The summed E-state index contributed by atoms with van der Waals surface area (Å²) >= 11 is 1.67. The van der Waals surface area contributed by atoms with Gasteiger partial charge in [0.15, 0.2) is 5.78 Å². The predicted octanol–water partition coefficient (Wildman–Crippen LogP) is 6.33. The molecular weight excluding hydrogens is 466 g/mol. The molecule has 0 fully saturated rings. The van der Waals surface area contributed by atoms with E-state index in [1.54, 1.807) is 18.0 Å². The van der Waals surface area contributed by atoms with Crippen LogP contribution in [0.2, 0.25) is 0 Å². The molecular formula is C30H29N3O2S. The summed E-state index contributed by atoms with van der Waals surface area (Å²) in [6, 6.07) is 22.1. The first-order valence-corrected chi connectivity index (χ1v) is 13.4. The van der Waals surface area contributed by atoms with Gasteiger partial charge in [0.25, 0.3) is 0 Å². The molecule has 1 aliphatic heterocycles. The number of aryl methyl sites for hydroxylation is 1. The van der Waals surface area contributed by atoms with Crippen molar-refractivity contribution in [2.75, 3.05) is 11.6 Å². The lowest BCUT2D eigenvalue weighted by Gasteiger charge is -2.37. The van der Waals surface area contributed by atoms with Gasteiger partial charge in [-0.25, -0.2) is 4.98 Å². The van der Waals surface area contributed by atoms with Gasteiger partial charge in [-0.2, -0.15) is 0 Å². The lowest BCUT2D eigenvalue weighted by atomic mass is 9.69. The maximum absolute atomic E-state index is 13.7. The van der Waals surface area contributed by atoms with Gasteiger partial charge in [-0.3, -0.25) is 14.6 Å². The second-order valence-electron chi connectivity index (χ2n) is 9.44. The number of amides is 1. The zero-order chi connectivity index (χ0) is 25.2. The van der Waals surface area contributed by atoms with Crippen LogP contribution in [0, 0.1) is 12.8 Å². The Balaban J connectivity index is 1.57. The standard InChI is InChI=1S/C30H29N3O2S/c1-18-8-7-15-31-29(18)33-30(35)26-19(2)32-24-16-22(20-9-5-4-6-10-20)17-25(34)28(24)27(26)21-11-13-23(36-3)14-12-21/h4-15,22,26-27H,16-17H2,1-3H3,(H,31,33,35)/t22-,26?,27-/m0/s1. The molecule has 3 aromatic rings. The molecule has 36 heavy (non-hydrogen) atoms. The third-order valence-electron chi connectivity index (χ3n) is 7.17. The summed E-state index contributed by atoms with van der Waals surface area (Å²) in [6.45, 7) is 3.82. The van der Waals surface area contributed by atoms with E-state index in [1.807, 2.05) is 62.6 Å². The van der Waals surface area contributed by atoms with E-state index in [-0.39, 0.29) is 23.5 Å². The van der Waals surface area contributed by atoms with Crippen LogP contribution in [0.4, 0.5) is 5.82 Å². The minimum Gasteiger partial charge on any atom is -0.310 e. The molecule has 0 saturated carbocycles. The van der Waals surface area contributed by atoms with Crippen molar-refractivity contribution in [1.82, 2.24) is 4.98 Å². The van der Waals surface area contributed by atoms with E-state index < -0.39 is 5.92 Å². The molecule has 0 radical (unpaired) electrons. The maximum Gasteiger partial charge on any atom is 0.235 e. The van der Waals surface area contributed by atoms with Crippen molar-refractivity contribution in [2.24, 2.45) is 10.9 Å². The molecule has 1 unspecified atom stereocenters. The Bertz CT molecular complexity index is 1360. The van der Waals surface area contributed by atoms with Crippen molar-refractivity contribution in [3.05, 3.63) is 101 Å². The number of hydrogen-bond donors (Lipinski definition) is 1. The first-order valence-electron chi connectivity index (χ1n) is 12.2. The molecule has 2 heterocycles. The third kappa shape index (κ3) is 4.65. The SMILES string of the molecule is CSc1ccc([C@@H]2C3=C(C[C@H](c4ccccc4)CC3=O)N=C(C)C2C(=O)Nc2ncccc2C)cc1. The molecule has 182 valence electrons. The molecule has 0 bridgehead atoms. The molecule has 0 saturated heterocycles. The van der Waals surface area contributed by atoms with E-state index in [0.29, 0.717) is 24.2 Å². The number of carbonyl (C=O) groups excluding carboxylic acids is 2. The highest BCUT2D eigenvalue weighted by atomic mass is 32.2. The van der Waals surface area contributed by atoms with Crippen LogP contribution >= 0.6 is 11.8 Å². The summed E-state index contributed by atoms with van der Waals surface area (Å²) in [5, 5.41) is 3.01. The monoisotopic (exact) mass is 495 g/mol. The number of Topliss-reactive ketones (excluding diaryl/α,β-unsaturated/α-hetero) is 1. The summed E-state index contributed by atoms with van der Waals surface area (Å²) in [4.78, 5) is 37.8. The summed E-state index contributed by atoms with van der Waals surface area (Å²) < 4.78 is 0. The lowest BCUT2D eigenvalue weighted by Crippen LogP contribution is -2.40. The topological polar surface area (TPSA) is 71.4 Å². The Morgan fingerprint density at radius 2 is 1.69 bits per heavy atom. The minimum absolute atomic E-state index is 0.0760. The van der Waals surface area contributed by atoms with Gasteiger partial charge in [0.05, 0.1) is 5.92 Å². The molecule has 2 aliphatic rings. The van der Waals surface area contributed by atoms with Gasteiger partial charge < -0.3 is 5.32 Å². The number of benzene rings is 2. The van der Waals surface area contributed by atoms with Crippen LogP contribution in [-0.2, 0) is 9.59 Å². The number of aliphatic imine (C=N–C) groups is 1. The Kier molecular flexibility index (Phi) is 6.88. The normalized spacial score (nSPS) is 21.6. The van der Waals surface area contributed by atoms with Crippen LogP contribution in [0.1, 0.15) is 48.3 Å². The number of thioether (sulfide) groups is 1. The number of allylic oxidation sites excluding steroid dienone is 2. The highest BCUT2D eigenvalue weighted by molar-refractivity contribution is 7.98. The summed E-state index contributed by atoms with van der Waals surface area (Å²) in [6.07, 6.45) is 4.81. The highest BCUT2D eigenvalue weighted by Gasteiger charge is 2.44. The molecule has 5 rings (SSSR count). The first kappa shape index (κ1) is 24.2. The first-order chi connectivity index (χ1) is 17.5. The third-order valence-corrected chi connectivity index (χ3v) is 7.91. The maximum atomic E-state index is 13.7. The van der Waals surface area contributed by atoms with Gasteiger partial charge in [0.2, 0.25) is 5.91 Å². The molecule has 5 nitrogen and oxygen atoms in total. The zero-order valence-electron chi connectivity index (χ0n) is 20.7. The molecule has 0 spiro atoms. The van der Waals surface area contributed by atoms with Crippen molar-refractivity contribution in [2.45, 2.75) is 43.4 Å². The number of nitrogens with one attached hydrogen (secondary N) is 1. The van der Waals surface area contributed by atoms with Crippen molar-refractivity contribution in [1.29, 1.82) is 0 Å². The molecule has 2 aromatic carbocycles. The van der Waals surface area contributed by atoms with Gasteiger partial charge in [0, 0.05) is 40.4 Å². The van der Waals surface area contributed by atoms with Crippen molar-refractivity contribution < 1.29 is 9.59 Å². The van der Waals surface area contributed by atoms with Gasteiger partial charge in [-0.05, 0) is 67.3 Å². The van der Waals surface area contributed by atoms with Gasteiger partial charge in [-0.15, -0.1) is 11.8 Å². The van der Waals surface area contributed by atoms with Crippen molar-refractivity contribution in [3.8, 4) is 0 Å². The minimum atomic E-state index is -0.595. The Morgan fingerprint density at radius 3 is 2.39 bits per heavy atom. The van der Waals surface area contributed by atoms with Crippen molar-refractivity contribution >= 4 is 35.0 Å². The average Bonchev–Trinajstić information content (AvgIpc) is 2.89. The van der Waals surface area contributed by atoms with Crippen molar-refractivity contribution in [3.63, 3.8) is 0 Å². The van der Waals surface area contributed by atoms with Crippen LogP contribution in [0.15, 0.2) is 94.1 Å². The molecule has 1 N–H and O–H groups in total. The van der Waals surface area contributed by atoms with E-state index in [9.17, 15) is 9.59 Å². The fourth-order valence-electron chi connectivity index (χ4n) is 5.34. The van der Waals surface area contributed by atoms with E-state index in [2.05, 4.69) is 34.6 Å². The van der Waals surface area contributed by atoms with Crippen LogP contribution in [0.5, 0.6) is 0 Å². The molecule has 1 aliphatic carbocycles. The quantitative estimate of drug-likeness (QED) is 0.420. The average molecular weight is 496 g/mol. The van der Waals surface area contributed by atoms with E-state index >= 15 is 0 Å². The molecule has 1 amide bonds. The van der Waals surface area contributed by atoms with Crippen LogP contribution in [0.25, 0.3) is 0 Å². The second-order valence-corrected chi connectivity index (χ2v) is 10.3. The zero-order valence-corrected chi connectivity index (χ0v) is 21.5. The summed E-state index contributed by atoms with van der Waals surface area (Å²) in [7, 11) is 0. The van der Waals surface area contributed by atoms with E-state index in [0.717, 1.165) is 33.0 Å². The predicted molar refractivity (Wildman–Crippen MR) is 146 cm³/mol. The number of nitrogens with zero attached hydrogens (tertiary/aromatic N) is 2. The van der Waals surface area contributed by atoms with E-state index in [4.69, 9.17) is 4.99 Å². The Hall–Kier alpha value is -3.51. The van der Waals surface area contributed by atoms with Crippen LogP contribution in [-0.4, -0.2) is 28.6 Å². The number of carbonyl (C=O) groups is 2. The number of rotatable bonds is 5. The smallest absolute Gasteiger partial charge is 0.235 e. The van der Waals surface area contributed by atoms with Crippen LogP contribution in [0.3, 0.4) is 0 Å². The molecule has 3 atom stereocenters. The van der Waals surface area contributed by atoms with E-state index in [1.165, 1.54) is 0 Å². The largest absolute Gasteiger partial charge is 0.310 e. The van der Waals surface area contributed by atoms with Gasteiger partial charge in [0.1, 0.15) is 5.82 Å². The fraction of sp³-hybridized carbons (Fsp3) is 0.267. The summed E-state index contributed by atoms with van der Waals surface area (Å²) in [5.74, 6) is -0.474. The van der Waals surface area contributed by atoms with Gasteiger partial charge in [-0.1, -0.05) is 48.5 Å². The Labute approximate surface area is 216 Å². The molecule has 6 heteroatoms. The number of aromatic nitrogens is 1. The summed E-state index contributed by atoms with van der Waals surface area (Å²) in [5.41, 5.74) is 5.21. The highest BCUT2D eigenvalue weighted by Crippen LogP contribution is 2.47. The fourth-order valence-corrected chi connectivity index (χ4v) is 5.75. The lowest BCUT2D eigenvalue weighted by molar-refractivity contribution is -0.119. The number of ketones is 1.